The molecule has 1 aromatic carbocycles. The third-order valence-corrected chi connectivity index (χ3v) is 7.09. The van der Waals surface area contributed by atoms with Gasteiger partial charge in [0.15, 0.2) is 0 Å². The van der Waals surface area contributed by atoms with Crippen LogP contribution in [0.25, 0.3) is 0 Å². The number of nitrogens with zero attached hydrogens (tertiary/aromatic N) is 2. The van der Waals surface area contributed by atoms with Crippen molar-refractivity contribution in [3.05, 3.63) is 65.0 Å². The molecule has 4 heteroatoms. The van der Waals surface area contributed by atoms with Gasteiger partial charge in [0, 0.05) is 24.7 Å². The van der Waals surface area contributed by atoms with E-state index in [1.54, 1.807) is 0 Å². The molecule has 1 aliphatic heterocycles. The zero-order valence-electron chi connectivity index (χ0n) is 24.5. The summed E-state index contributed by atoms with van der Waals surface area (Å²) in [5.74, 6) is 0. The predicted octanol–water partition coefficient (Wildman–Crippen LogP) is 8.46. The minimum atomic E-state index is -0.220. The Morgan fingerprint density at radius 2 is 1.34 bits per heavy atom. The van der Waals surface area contributed by atoms with E-state index in [4.69, 9.17) is 9.72 Å². The fourth-order valence-electron chi connectivity index (χ4n) is 5.14. The third kappa shape index (κ3) is 6.86. The molecule has 1 fully saturated rings. The molecular weight excluding hydrogens is 432 g/mol. The average Bonchev–Trinajstić information content (AvgIpc) is 3.09. The number of methoxy groups -OCH3 is 1. The van der Waals surface area contributed by atoms with E-state index in [-0.39, 0.29) is 16.9 Å². The number of hydrogen-bond donors (Lipinski definition) is 0. The maximum absolute atomic E-state index is 12.0. The van der Waals surface area contributed by atoms with Crippen LogP contribution in [0.4, 0.5) is 4.79 Å². The Bertz CT molecular complexity index is 807. The number of likely N-dealkylation sites (tertiary alicyclic amines) is 1. The van der Waals surface area contributed by atoms with Crippen molar-refractivity contribution in [1.29, 1.82) is 0 Å². The second-order valence-corrected chi connectivity index (χ2v) is 8.31. The van der Waals surface area contributed by atoms with Gasteiger partial charge >= 0.3 is 6.09 Å². The number of benzene rings is 1. The number of hydrogen-bond acceptors (Lipinski definition) is 3. The van der Waals surface area contributed by atoms with E-state index in [1.165, 1.54) is 29.5 Å². The minimum absolute atomic E-state index is 0.0149. The molecule has 0 radical (unpaired) electrons. The first-order chi connectivity index (χ1) is 17.0. The van der Waals surface area contributed by atoms with Crippen LogP contribution in [-0.4, -0.2) is 36.2 Å². The van der Waals surface area contributed by atoms with Gasteiger partial charge in [0.2, 0.25) is 0 Å². The highest BCUT2D eigenvalue weighted by molar-refractivity contribution is 5.67. The molecule has 0 saturated carbocycles. The standard InChI is InChI=1S/C23H28N2O2.4C2H6/c1-22(12-15-25(16-13-22)21(26)27-3)23(2)19-9-5-4-7-17(19)10-11-18-8-6-14-24-20(18)23;4*1-2/h4-9,14H,10-13,15-16H2,1-3H3;4*1-2H3. The summed E-state index contributed by atoms with van der Waals surface area (Å²) in [6.45, 7) is 22.2. The predicted molar refractivity (Wildman–Crippen MR) is 151 cm³/mol. The quantitative estimate of drug-likeness (QED) is 0.408. The third-order valence-electron chi connectivity index (χ3n) is 7.09. The van der Waals surface area contributed by atoms with E-state index < -0.39 is 0 Å². The Morgan fingerprint density at radius 1 is 0.829 bits per heavy atom. The molecule has 35 heavy (non-hydrogen) atoms. The Kier molecular flexibility index (Phi) is 15.2. The van der Waals surface area contributed by atoms with Crippen molar-refractivity contribution >= 4 is 6.09 Å². The number of ether oxygens (including phenoxy) is 1. The molecule has 198 valence electrons. The van der Waals surface area contributed by atoms with E-state index in [9.17, 15) is 4.79 Å². The zero-order valence-corrected chi connectivity index (χ0v) is 24.5. The number of aromatic nitrogens is 1. The van der Waals surface area contributed by atoms with Crippen molar-refractivity contribution in [1.82, 2.24) is 9.88 Å². The summed E-state index contributed by atoms with van der Waals surface area (Å²) in [6, 6.07) is 13.1. The van der Waals surface area contributed by atoms with E-state index in [0.29, 0.717) is 0 Å². The number of aryl methyl sites for hydroxylation is 2. The summed E-state index contributed by atoms with van der Waals surface area (Å²) in [5, 5.41) is 0. The van der Waals surface area contributed by atoms with Gasteiger partial charge in [-0.05, 0) is 60.8 Å². The number of carbonyl (C=O) groups is 1. The molecule has 2 aliphatic rings. The molecule has 1 aliphatic carbocycles. The summed E-state index contributed by atoms with van der Waals surface area (Å²) in [6.07, 6.45) is 5.65. The maximum Gasteiger partial charge on any atom is 0.409 e. The van der Waals surface area contributed by atoms with Gasteiger partial charge in [-0.15, -0.1) is 0 Å². The first-order valence-electron chi connectivity index (χ1n) is 13.9. The molecule has 4 rings (SSSR count). The Hall–Kier alpha value is -2.36. The lowest BCUT2D eigenvalue weighted by atomic mass is 9.55. The van der Waals surface area contributed by atoms with Crippen molar-refractivity contribution in [3.63, 3.8) is 0 Å². The van der Waals surface area contributed by atoms with Crippen LogP contribution in [-0.2, 0) is 23.0 Å². The lowest BCUT2D eigenvalue weighted by Crippen LogP contribution is -2.51. The Morgan fingerprint density at radius 3 is 1.91 bits per heavy atom. The van der Waals surface area contributed by atoms with Gasteiger partial charge in [-0.1, -0.05) is 92.6 Å². The summed E-state index contributed by atoms with van der Waals surface area (Å²) < 4.78 is 4.94. The number of piperidine rings is 1. The van der Waals surface area contributed by atoms with Crippen LogP contribution in [0.5, 0.6) is 0 Å². The first kappa shape index (κ1) is 32.6. The topological polar surface area (TPSA) is 42.4 Å². The van der Waals surface area contributed by atoms with E-state index in [1.807, 2.05) is 66.5 Å². The lowest BCUT2D eigenvalue weighted by molar-refractivity contribution is 0.0541. The average molecular weight is 485 g/mol. The van der Waals surface area contributed by atoms with Crippen molar-refractivity contribution in [2.75, 3.05) is 20.2 Å². The summed E-state index contributed by atoms with van der Waals surface area (Å²) in [5.41, 5.74) is 5.22. The number of fused-ring (bicyclic) bond motifs is 2. The summed E-state index contributed by atoms with van der Waals surface area (Å²) >= 11 is 0. The second kappa shape index (κ2) is 16.3. The van der Waals surface area contributed by atoms with E-state index in [0.717, 1.165) is 38.8 Å². The fourth-order valence-corrected chi connectivity index (χ4v) is 5.14. The SMILES string of the molecule is CC.CC.CC.CC.COC(=O)N1CCC(C)(C2(C)c3ccccc3CCc3cccnc32)CC1. The number of carbonyl (C=O) groups excluding carboxylic acids is 1. The zero-order chi connectivity index (χ0) is 27.1. The smallest absolute Gasteiger partial charge is 0.409 e. The molecule has 4 nitrogen and oxygen atoms in total. The molecule has 1 saturated heterocycles. The molecule has 2 heterocycles. The molecule has 1 unspecified atom stereocenters. The van der Waals surface area contributed by atoms with Gasteiger partial charge in [0.25, 0.3) is 0 Å². The molecule has 1 atom stereocenters. The highest BCUT2D eigenvalue weighted by Crippen LogP contribution is 2.54. The van der Waals surface area contributed by atoms with Gasteiger partial charge in [-0.25, -0.2) is 4.79 Å². The second-order valence-electron chi connectivity index (χ2n) is 8.31. The Balaban J connectivity index is 0.00000132. The van der Waals surface area contributed by atoms with Crippen LogP contribution in [0.1, 0.15) is 104 Å². The van der Waals surface area contributed by atoms with Crippen LogP contribution >= 0.6 is 0 Å². The van der Waals surface area contributed by atoms with Gasteiger partial charge in [0.1, 0.15) is 0 Å². The van der Waals surface area contributed by atoms with Crippen molar-refractivity contribution in [2.24, 2.45) is 5.41 Å². The van der Waals surface area contributed by atoms with Crippen LogP contribution in [0.2, 0.25) is 0 Å². The largest absolute Gasteiger partial charge is 0.453 e. The van der Waals surface area contributed by atoms with Gasteiger partial charge < -0.3 is 9.64 Å². The van der Waals surface area contributed by atoms with Gasteiger partial charge in [0.05, 0.1) is 12.8 Å². The maximum atomic E-state index is 12.0. The van der Waals surface area contributed by atoms with E-state index >= 15 is 0 Å². The molecule has 0 N–H and O–H groups in total. The normalized spacial score (nSPS) is 19.0. The summed E-state index contributed by atoms with van der Waals surface area (Å²) in [7, 11) is 1.46. The molecule has 1 aromatic heterocycles. The minimum Gasteiger partial charge on any atom is -0.453 e. The van der Waals surface area contributed by atoms with Gasteiger partial charge in [-0.3, -0.25) is 4.98 Å². The molecular formula is C31H52N2O2. The number of rotatable bonds is 1. The molecule has 0 bridgehead atoms. The van der Waals surface area contributed by atoms with Crippen LogP contribution in [0.3, 0.4) is 0 Å². The van der Waals surface area contributed by atoms with Crippen molar-refractivity contribution in [3.8, 4) is 0 Å². The molecule has 1 amide bonds. The van der Waals surface area contributed by atoms with Crippen LogP contribution in [0, 0.1) is 5.41 Å². The number of pyridine rings is 1. The Labute approximate surface area is 216 Å². The monoisotopic (exact) mass is 484 g/mol. The highest BCUT2D eigenvalue weighted by atomic mass is 16.5. The molecule has 0 spiro atoms. The van der Waals surface area contributed by atoms with Crippen LogP contribution in [0.15, 0.2) is 42.6 Å². The van der Waals surface area contributed by atoms with Gasteiger partial charge in [-0.2, -0.15) is 0 Å². The number of amides is 1. The van der Waals surface area contributed by atoms with Crippen molar-refractivity contribution < 1.29 is 9.53 Å². The van der Waals surface area contributed by atoms with E-state index in [2.05, 4.69) is 50.2 Å². The summed E-state index contributed by atoms with van der Waals surface area (Å²) in [4.78, 5) is 18.7. The fraction of sp³-hybridized carbons (Fsp3) is 0.613. The molecule has 2 aromatic rings. The first-order valence-corrected chi connectivity index (χ1v) is 13.9. The van der Waals surface area contributed by atoms with Crippen LogP contribution < -0.4 is 0 Å². The lowest BCUT2D eigenvalue weighted by Gasteiger charge is -2.51. The van der Waals surface area contributed by atoms with Crippen molar-refractivity contribution in [2.45, 2.75) is 100 Å². The highest BCUT2D eigenvalue weighted by Gasteiger charge is 2.51.